The second-order valence-corrected chi connectivity index (χ2v) is 11.8. The molecule has 0 atom stereocenters. The SMILES string of the molecule is Nc1ccc(N=Nc2ccc3cc(S(=O)(=O)O)c(N=Nc4ccc5cc(S(=O)(=O)O)cc(O)c5c4)c(O)c3c2)c(N)c1. The molecule has 5 aromatic rings. The van der Waals surface area contributed by atoms with Crippen LogP contribution < -0.4 is 11.5 Å². The van der Waals surface area contributed by atoms with E-state index in [1.54, 1.807) is 12.1 Å². The highest BCUT2D eigenvalue weighted by molar-refractivity contribution is 7.86. The van der Waals surface area contributed by atoms with Crippen molar-refractivity contribution in [3.63, 3.8) is 0 Å². The van der Waals surface area contributed by atoms with E-state index >= 15 is 0 Å². The maximum atomic E-state index is 12.2. The zero-order chi connectivity index (χ0) is 30.4. The third-order valence-electron chi connectivity index (χ3n) is 6.09. The molecular weight excluding hydrogens is 588 g/mol. The molecule has 42 heavy (non-hydrogen) atoms. The summed E-state index contributed by atoms with van der Waals surface area (Å²) in [5.74, 6) is -1.11. The molecule has 0 aliphatic carbocycles. The Bertz CT molecular complexity index is 2200. The minimum atomic E-state index is -4.88. The lowest BCUT2D eigenvalue weighted by Gasteiger charge is -2.09. The van der Waals surface area contributed by atoms with Gasteiger partial charge in [0.05, 0.1) is 22.0 Å². The van der Waals surface area contributed by atoms with Gasteiger partial charge in [0.1, 0.15) is 22.0 Å². The molecule has 0 spiro atoms. The van der Waals surface area contributed by atoms with Gasteiger partial charge in [0.15, 0.2) is 5.75 Å². The van der Waals surface area contributed by atoms with Gasteiger partial charge in [-0.25, -0.2) is 0 Å². The number of hydrogen-bond donors (Lipinski definition) is 6. The minimum absolute atomic E-state index is 0.0711. The van der Waals surface area contributed by atoms with Crippen LogP contribution in [0.4, 0.5) is 34.1 Å². The van der Waals surface area contributed by atoms with Crippen molar-refractivity contribution < 1.29 is 36.2 Å². The van der Waals surface area contributed by atoms with Crippen molar-refractivity contribution in [2.75, 3.05) is 11.5 Å². The summed E-state index contributed by atoms with van der Waals surface area (Å²) in [5.41, 5.74) is 12.4. The van der Waals surface area contributed by atoms with Crippen molar-refractivity contribution in [1.29, 1.82) is 0 Å². The fourth-order valence-corrected chi connectivity index (χ4v) is 5.27. The van der Waals surface area contributed by atoms with Crippen LogP contribution in [0.25, 0.3) is 21.5 Å². The molecule has 0 aliphatic heterocycles. The van der Waals surface area contributed by atoms with Gasteiger partial charge < -0.3 is 21.7 Å². The van der Waals surface area contributed by atoms with Gasteiger partial charge in [-0.15, -0.1) is 10.2 Å². The molecule has 0 unspecified atom stereocenters. The molecule has 0 radical (unpaired) electrons. The quantitative estimate of drug-likeness (QED) is 0.0756. The van der Waals surface area contributed by atoms with E-state index in [9.17, 15) is 36.2 Å². The number of hydrogen-bond acceptors (Lipinski definition) is 12. The number of phenols is 2. The van der Waals surface area contributed by atoms with Crippen LogP contribution in [0.1, 0.15) is 0 Å². The highest BCUT2D eigenvalue weighted by atomic mass is 32.2. The summed E-state index contributed by atoms with van der Waals surface area (Å²) < 4.78 is 66.3. The van der Waals surface area contributed by atoms with Crippen molar-refractivity contribution in [3.8, 4) is 11.5 Å². The number of nitrogens with two attached hydrogens (primary N) is 2. The number of benzene rings is 5. The number of fused-ring (bicyclic) bond motifs is 2. The Balaban J connectivity index is 1.58. The first-order chi connectivity index (χ1) is 19.7. The standard InChI is InChI=1S/C26H20N6O8S2/c27-15-3-6-22(21(28)9-15)31-29-17-5-2-14-8-24(42(38,39)40)25(26(34)20(14)11-17)32-30-16-4-1-13-7-18(41(35,36)37)12-23(33)19(13)10-16/h1-12,33-34H,27-28H2,(H,35,36,37)(H,38,39,40). The zero-order valence-electron chi connectivity index (χ0n) is 21.1. The van der Waals surface area contributed by atoms with Crippen LogP contribution in [0, 0.1) is 0 Å². The average molecular weight is 609 g/mol. The number of aromatic hydroxyl groups is 2. The van der Waals surface area contributed by atoms with E-state index in [1.165, 1.54) is 42.5 Å². The normalized spacial score (nSPS) is 12.6. The summed E-state index contributed by atoms with van der Waals surface area (Å²) in [7, 11) is -9.45. The number of azo groups is 2. The van der Waals surface area contributed by atoms with Crippen LogP contribution in [0.15, 0.2) is 103 Å². The summed E-state index contributed by atoms with van der Waals surface area (Å²) in [5, 5.41) is 38.0. The number of phenolic OH excluding ortho intramolecular Hbond substituents is 2. The number of anilines is 2. The Labute approximate surface area is 237 Å². The molecule has 0 saturated heterocycles. The Morgan fingerprint density at radius 1 is 0.619 bits per heavy atom. The molecular formula is C26H20N6O8S2. The predicted octanol–water partition coefficient (Wildman–Crippen LogP) is 5.89. The van der Waals surface area contributed by atoms with Crippen LogP contribution in [0.2, 0.25) is 0 Å². The highest BCUT2D eigenvalue weighted by Crippen LogP contribution is 2.43. The van der Waals surface area contributed by atoms with Gasteiger partial charge in [-0.2, -0.15) is 27.1 Å². The summed E-state index contributed by atoms with van der Waals surface area (Å²) in [6.45, 7) is 0. The summed E-state index contributed by atoms with van der Waals surface area (Å²) in [6.07, 6.45) is 0. The molecule has 0 fully saturated rings. The summed E-state index contributed by atoms with van der Waals surface area (Å²) in [4.78, 5) is -1.24. The third kappa shape index (κ3) is 5.68. The molecule has 8 N–H and O–H groups in total. The number of nitrogens with zero attached hydrogens (tertiary/aromatic N) is 4. The van der Waals surface area contributed by atoms with Crippen LogP contribution in [-0.4, -0.2) is 36.2 Å². The van der Waals surface area contributed by atoms with E-state index in [1.807, 2.05) is 0 Å². The molecule has 0 aromatic heterocycles. The first-order valence-electron chi connectivity index (χ1n) is 11.7. The van der Waals surface area contributed by atoms with Crippen LogP contribution in [-0.2, 0) is 20.2 Å². The Morgan fingerprint density at radius 2 is 1.24 bits per heavy atom. The Morgan fingerprint density at radius 3 is 1.86 bits per heavy atom. The largest absolute Gasteiger partial charge is 0.507 e. The molecule has 16 heteroatoms. The Kier molecular flexibility index (Phi) is 6.99. The monoisotopic (exact) mass is 608 g/mol. The molecule has 0 amide bonds. The van der Waals surface area contributed by atoms with E-state index in [2.05, 4.69) is 20.5 Å². The summed E-state index contributed by atoms with van der Waals surface area (Å²) in [6, 6.07) is 16.2. The van der Waals surface area contributed by atoms with E-state index in [0.717, 1.165) is 18.2 Å². The fourth-order valence-electron chi connectivity index (χ4n) is 4.08. The lowest BCUT2D eigenvalue weighted by atomic mass is 10.1. The van der Waals surface area contributed by atoms with E-state index in [0.29, 0.717) is 17.1 Å². The predicted molar refractivity (Wildman–Crippen MR) is 154 cm³/mol. The molecule has 214 valence electrons. The minimum Gasteiger partial charge on any atom is -0.507 e. The molecule has 0 bridgehead atoms. The highest BCUT2D eigenvalue weighted by Gasteiger charge is 2.22. The topological polar surface area (TPSA) is 251 Å². The fraction of sp³-hybridized carbons (Fsp3) is 0. The van der Waals surface area contributed by atoms with Crippen molar-refractivity contribution in [2.24, 2.45) is 20.5 Å². The molecule has 5 aromatic carbocycles. The van der Waals surface area contributed by atoms with Gasteiger partial charge in [0.2, 0.25) is 0 Å². The van der Waals surface area contributed by atoms with Crippen LogP contribution in [0.3, 0.4) is 0 Å². The number of nitrogen functional groups attached to an aromatic ring is 2. The molecule has 0 aliphatic rings. The lowest BCUT2D eigenvalue weighted by molar-refractivity contribution is 0.470. The van der Waals surface area contributed by atoms with Gasteiger partial charge in [0.25, 0.3) is 20.2 Å². The zero-order valence-corrected chi connectivity index (χ0v) is 22.7. The third-order valence-corrected chi connectivity index (χ3v) is 7.79. The first kappa shape index (κ1) is 28.4. The van der Waals surface area contributed by atoms with E-state index in [-0.39, 0.29) is 32.9 Å². The maximum Gasteiger partial charge on any atom is 0.296 e. The van der Waals surface area contributed by atoms with Crippen molar-refractivity contribution in [1.82, 2.24) is 0 Å². The smallest absolute Gasteiger partial charge is 0.296 e. The molecule has 0 saturated carbocycles. The molecule has 5 rings (SSSR count). The average Bonchev–Trinajstić information content (AvgIpc) is 2.91. The number of rotatable bonds is 6. The maximum absolute atomic E-state index is 12.2. The second kappa shape index (κ2) is 10.3. The van der Waals surface area contributed by atoms with Gasteiger partial charge in [-0.3, -0.25) is 9.11 Å². The van der Waals surface area contributed by atoms with Gasteiger partial charge in [0, 0.05) is 22.5 Å². The molecule has 14 nitrogen and oxygen atoms in total. The second-order valence-electron chi connectivity index (χ2n) is 8.99. The van der Waals surface area contributed by atoms with Crippen molar-refractivity contribution in [3.05, 3.63) is 72.8 Å². The van der Waals surface area contributed by atoms with Crippen molar-refractivity contribution in [2.45, 2.75) is 9.79 Å². The van der Waals surface area contributed by atoms with E-state index < -0.39 is 47.2 Å². The van der Waals surface area contributed by atoms with Gasteiger partial charge >= 0.3 is 0 Å². The summed E-state index contributed by atoms with van der Waals surface area (Å²) >= 11 is 0. The van der Waals surface area contributed by atoms with Crippen LogP contribution >= 0.6 is 0 Å². The molecule has 0 heterocycles. The Hall–Kier alpha value is -5.16. The van der Waals surface area contributed by atoms with Crippen LogP contribution in [0.5, 0.6) is 11.5 Å². The van der Waals surface area contributed by atoms with Crippen molar-refractivity contribution >= 4 is 75.9 Å². The lowest BCUT2D eigenvalue weighted by Crippen LogP contribution is -1.99. The van der Waals surface area contributed by atoms with Gasteiger partial charge in [-0.05, 0) is 65.4 Å². The van der Waals surface area contributed by atoms with Gasteiger partial charge in [-0.1, -0.05) is 12.1 Å². The van der Waals surface area contributed by atoms with E-state index in [4.69, 9.17) is 11.5 Å². The first-order valence-corrected chi connectivity index (χ1v) is 14.6.